The van der Waals surface area contributed by atoms with Crippen LogP contribution in [0.5, 0.6) is 0 Å². The summed E-state index contributed by atoms with van der Waals surface area (Å²) in [4.78, 5) is 4.31. The fourth-order valence-electron chi connectivity index (χ4n) is 3.24. The first-order valence-electron chi connectivity index (χ1n) is 6.75. The molecule has 112 valence electrons. The second kappa shape index (κ2) is 5.81. The van der Waals surface area contributed by atoms with Crippen molar-refractivity contribution in [2.24, 2.45) is 5.14 Å². The lowest BCUT2D eigenvalue weighted by Crippen LogP contribution is -2.40. The molecule has 0 aromatic carbocycles. The second-order valence-corrected chi connectivity index (χ2v) is 8.82. The van der Waals surface area contributed by atoms with E-state index in [0.29, 0.717) is 16.6 Å². The predicted molar refractivity (Wildman–Crippen MR) is 83.1 cm³/mol. The van der Waals surface area contributed by atoms with Crippen molar-refractivity contribution in [3.05, 3.63) is 28.2 Å². The van der Waals surface area contributed by atoms with E-state index in [-0.39, 0.29) is 11.2 Å². The quantitative estimate of drug-likeness (QED) is 0.889. The van der Waals surface area contributed by atoms with E-state index in [2.05, 4.69) is 20.9 Å². The Bertz CT molecular complexity index is 530. The Hall–Kier alpha value is -0.330. The number of hydrogen-bond acceptors (Lipinski definition) is 2. The molecule has 0 radical (unpaired) electrons. The van der Waals surface area contributed by atoms with Gasteiger partial charge in [0, 0.05) is 16.1 Å². The molecule has 1 atom stereocenters. The van der Waals surface area contributed by atoms with Crippen molar-refractivity contribution in [1.29, 1.82) is 0 Å². The van der Waals surface area contributed by atoms with Gasteiger partial charge in [-0.25, -0.2) is 8.60 Å². The molecular weight excluding hydrogens is 343 g/mol. The third-order valence-electron chi connectivity index (χ3n) is 4.18. The van der Waals surface area contributed by atoms with Gasteiger partial charge in [-0.15, -0.1) is 0 Å². The molecular formula is C14H20BrFN2OS. The highest BCUT2D eigenvalue weighted by Gasteiger charge is 2.44. The summed E-state index contributed by atoms with van der Waals surface area (Å²) in [5, 5.41) is 5.60. The van der Waals surface area contributed by atoms with Gasteiger partial charge in [0.15, 0.2) is 0 Å². The standard InChI is InChI=1S/C14H20BrFN2OS/c1-13(2,20(17)19)9-14(5-3-4-6-14)12-11(16)7-10(15)8-18-12/h7-8H,3-6,9,17H2,1-2H3. The summed E-state index contributed by atoms with van der Waals surface area (Å²) in [5.74, 6) is -0.292. The highest BCUT2D eigenvalue weighted by atomic mass is 79.9. The lowest BCUT2D eigenvalue weighted by Gasteiger charge is -2.35. The Labute approximate surface area is 130 Å². The number of pyridine rings is 1. The van der Waals surface area contributed by atoms with Crippen molar-refractivity contribution >= 4 is 26.9 Å². The van der Waals surface area contributed by atoms with Crippen LogP contribution >= 0.6 is 15.9 Å². The molecule has 6 heteroatoms. The van der Waals surface area contributed by atoms with E-state index < -0.39 is 15.7 Å². The molecule has 0 aliphatic heterocycles. The molecule has 0 amide bonds. The Balaban J connectivity index is 2.42. The Morgan fingerprint density at radius 2 is 2.10 bits per heavy atom. The van der Waals surface area contributed by atoms with Crippen LogP contribution in [0.2, 0.25) is 0 Å². The van der Waals surface area contributed by atoms with Crippen LogP contribution in [0, 0.1) is 5.82 Å². The minimum Gasteiger partial charge on any atom is -0.256 e. The third-order valence-corrected chi connectivity index (χ3v) is 5.85. The highest BCUT2D eigenvalue weighted by molar-refractivity contribution is 9.10. The normalized spacial score (nSPS) is 20.1. The number of halogens is 2. The maximum Gasteiger partial charge on any atom is 0.146 e. The number of hydrogen-bond donors (Lipinski definition) is 1. The van der Waals surface area contributed by atoms with Crippen LogP contribution < -0.4 is 5.14 Å². The molecule has 20 heavy (non-hydrogen) atoms. The van der Waals surface area contributed by atoms with Crippen LogP contribution in [0.1, 0.15) is 51.6 Å². The van der Waals surface area contributed by atoms with Crippen LogP contribution in [0.3, 0.4) is 0 Å². The van der Waals surface area contributed by atoms with Crippen LogP contribution in [0.15, 0.2) is 16.7 Å². The van der Waals surface area contributed by atoms with Gasteiger partial charge < -0.3 is 0 Å². The van der Waals surface area contributed by atoms with Gasteiger partial charge in [-0.05, 0) is 55.1 Å². The molecule has 0 saturated heterocycles. The van der Waals surface area contributed by atoms with Crippen molar-refractivity contribution in [3.8, 4) is 0 Å². The molecule has 0 spiro atoms. The number of nitrogens with two attached hydrogens (primary N) is 1. The molecule has 1 unspecified atom stereocenters. The van der Waals surface area contributed by atoms with Crippen molar-refractivity contribution < 1.29 is 8.60 Å². The van der Waals surface area contributed by atoms with Gasteiger partial charge >= 0.3 is 0 Å². The van der Waals surface area contributed by atoms with Gasteiger partial charge in [0.05, 0.1) is 21.4 Å². The Morgan fingerprint density at radius 3 is 2.60 bits per heavy atom. The molecule has 2 rings (SSSR count). The van der Waals surface area contributed by atoms with Crippen LogP contribution in [-0.2, 0) is 16.4 Å². The molecule has 2 N–H and O–H groups in total. The first-order valence-corrected chi connectivity index (χ1v) is 8.75. The summed E-state index contributed by atoms with van der Waals surface area (Å²) in [6.45, 7) is 3.75. The Kier molecular flexibility index (Phi) is 4.66. The fourth-order valence-corrected chi connectivity index (χ4v) is 3.96. The van der Waals surface area contributed by atoms with Crippen molar-refractivity contribution in [1.82, 2.24) is 4.98 Å². The van der Waals surface area contributed by atoms with Crippen molar-refractivity contribution in [3.63, 3.8) is 0 Å². The smallest absolute Gasteiger partial charge is 0.146 e. The first-order chi connectivity index (χ1) is 9.27. The van der Waals surface area contributed by atoms with E-state index in [1.807, 2.05) is 13.8 Å². The van der Waals surface area contributed by atoms with E-state index in [9.17, 15) is 8.60 Å². The molecule has 1 aromatic rings. The molecule has 1 heterocycles. The van der Waals surface area contributed by atoms with Gasteiger partial charge in [0.2, 0.25) is 0 Å². The lowest BCUT2D eigenvalue weighted by molar-refractivity contribution is 0.337. The average molecular weight is 363 g/mol. The van der Waals surface area contributed by atoms with E-state index in [0.717, 1.165) is 25.7 Å². The number of aromatic nitrogens is 1. The summed E-state index contributed by atoms with van der Waals surface area (Å²) in [6, 6.07) is 1.45. The third kappa shape index (κ3) is 3.12. The monoisotopic (exact) mass is 362 g/mol. The van der Waals surface area contributed by atoms with Gasteiger partial charge in [0.25, 0.3) is 0 Å². The SMILES string of the molecule is CC(C)(CC1(c2ncc(Br)cc2F)CCCC1)S(N)=O. The zero-order valence-corrected chi connectivity index (χ0v) is 14.2. The van der Waals surface area contributed by atoms with Crippen LogP contribution in [0.4, 0.5) is 4.39 Å². The largest absolute Gasteiger partial charge is 0.256 e. The van der Waals surface area contributed by atoms with Crippen molar-refractivity contribution in [2.45, 2.75) is 56.1 Å². The first kappa shape index (κ1) is 16.0. The second-order valence-electron chi connectivity index (χ2n) is 6.21. The predicted octanol–water partition coefficient (Wildman–Crippen LogP) is 3.59. The van der Waals surface area contributed by atoms with E-state index in [1.165, 1.54) is 6.07 Å². The summed E-state index contributed by atoms with van der Waals surface area (Å²) in [5.41, 5.74) is 0.153. The van der Waals surface area contributed by atoms with E-state index >= 15 is 0 Å². The molecule has 1 fully saturated rings. The summed E-state index contributed by atoms with van der Waals surface area (Å²) < 4.78 is 26.1. The van der Waals surface area contributed by atoms with Crippen LogP contribution in [-0.4, -0.2) is 13.9 Å². The van der Waals surface area contributed by atoms with Gasteiger partial charge in [0.1, 0.15) is 5.82 Å². The molecule has 1 aliphatic rings. The molecule has 0 bridgehead atoms. The lowest BCUT2D eigenvalue weighted by atomic mass is 9.75. The summed E-state index contributed by atoms with van der Waals surface area (Å²) >= 11 is 3.24. The maximum absolute atomic E-state index is 14.3. The maximum atomic E-state index is 14.3. The highest BCUT2D eigenvalue weighted by Crippen LogP contribution is 2.47. The van der Waals surface area contributed by atoms with Gasteiger partial charge in [-0.2, -0.15) is 0 Å². The minimum atomic E-state index is -1.44. The van der Waals surface area contributed by atoms with Gasteiger partial charge in [-0.1, -0.05) is 12.8 Å². The molecule has 1 saturated carbocycles. The van der Waals surface area contributed by atoms with Crippen LogP contribution in [0.25, 0.3) is 0 Å². The minimum absolute atomic E-state index is 0.292. The number of nitrogens with zero attached hydrogens (tertiary/aromatic N) is 1. The van der Waals surface area contributed by atoms with E-state index in [1.54, 1.807) is 6.20 Å². The topological polar surface area (TPSA) is 56.0 Å². The van der Waals surface area contributed by atoms with Gasteiger partial charge in [-0.3, -0.25) is 10.1 Å². The summed E-state index contributed by atoms with van der Waals surface area (Å²) in [7, 11) is -1.44. The molecule has 1 aliphatic carbocycles. The van der Waals surface area contributed by atoms with Crippen molar-refractivity contribution in [2.75, 3.05) is 0 Å². The summed E-state index contributed by atoms with van der Waals surface area (Å²) in [6.07, 6.45) is 6.06. The fraction of sp³-hybridized carbons (Fsp3) is 0.643. The zero-order chi connectivity index (χ0) is 15.0. The Morgan fingerprint density at radius 1 is 1.50 bits per heavy atom. The number of rotatable bonds is 4. The molecule has 3 nitrogen and oxygen atoms in total. The molecule has 1 aromatic heterocycles. The average Bonchev–Trinajstić information content (AvgIpc) is 2.77. The zero-order valence-electron chi connectivity index (χ0n) is 11.8. The van der Waals surface area contributed by atoms with E-state index in [4.69, 9.17) is 5.14 Å².